The second-order valence-corrected chi connectivity index (χ2v) is 4.71. The number of rotatable bonds is 4. The normalized spacial score (nSPS) is 10.7. The summed E-state index contributed by atoms with van der Waals surface area (Å²) < 4.78 is 5.08. The zero-order valence-electron chi connectivity index (χ0n) is 10.9. The van der Waals surface area contributed by atoms with Gasteiger partial charge >= 0.3 is 0 Å². The van der Waals surface area contributed by atoms with E-state index in [2.05, 4.69) is 20.3 Å². The van der Waals surface area contributed by atoms with Crippen LogP contribution in [0.15, 0.2) is 36.4 Å². The Morgan fingerprint density at radius 1 is 1.15 bits per heavy atom. The third kappa shape index (κ3) is 2.67. The highest BCUT2D eigenvalue weighted by atomic mass is 35.5. The molecule has 3 aromatic rings. The Morgan fingerprint density at radius 3 is 2.70 bits per heavy atom. The van der Waals surface area contributed by atoms with Crippen LogP contribution in [0.3, 0.4) is 0 Å². The summed E-state index contributed by atoms with van der Waals surface area (Å²) in [7, 11) is 1.59. The minimum Gasteiger partial charge on any atom is -0.481 e. The number of halogens is 1. The first-order chi connectivity index (χ1) is 9.74. The summed E-state index contributed by atoms with van der Waals surface area (Å²) in [5.41, 5.74) is 2.52. The molecule has 0 saturated heterocycles. The number of H-pyrrole nitrogens is 1. The summed E-state index contributed by atoms with van der Waals surface area (Å²) in [5, 5.41) is 3.98. The molecule has 0 spiro atoms. The van der Waals surface area contributed by atoms with E-state index in [0.717, 1.165) is 22.1 Å². The Bertz CT molecular complexity index is 724. The number of benzene rings is 1. The second-order valence-electron chi connectivity index (χ2n) is 4.27. The lowest BCUT2D eigenvalue weighted by atomic mass is 10.3. The van der Waals surface area contributed by atoms with Crippen LogP contribution in [0.4, 0.5) is 5.69 Å². The number of pyridine rings is 1. The standard InChI is InChI=1S/C14H13ClN4O/c1-20-13-7-6-11-14(19-13)18-12(17-11)8-16-10-4-2-9(15)3-5-10/h2-7,16H,8H2,1H3,(H,17,18,19). The van der Waals surface area contributed by atoms with Gasteiger partial charge in [0.1, 0.15) is 5.82 Å². The maximum Gasteiger partial charge on any atom is 0.215 e. The number of hydrogen-bond donors (Lipinski definition) is 2. The summed E-state index contributed by atoms with van der Waals surface area (Å²) >= 11 is 5.84. The van der Waals surface area contributed by atoms with Crippen molar-refractivity contribution in [2.45, 2.75) is 6.54 Å². The Balaban J connectivity index is 1.75. The summed E-state index contributed by atoms with van der Waals surface area (Å²) in [6.07, 6.45) is 0. The molecular formula is C14H13ClN4O. The number of nitrogens with one attached hydrogen (secondary N) is 2. The van der Waals surface area contributed by atoms with Crippen LogP contribution in [-0.2, 0) is 6.54 Å². The molecule has 0 aliphatic carbocycles. The third-order valence-electron chi connectivity index (χ3n) is 2.88. The Labute approximate surface area is 121 Å². The van der Waals surface area contributed by atoms with Crippen LogP contribution < -0.4 is 10.1 Å². The van der Waals surface area contributed by atoms with E-state index in [1.165, 1.54) is 0 Å². The fraction of sp³-hybridized carbons (Fsp3) is 0.143. The predicted octanol–water partition coefficient (Wildman–Crippen LogP) is 3.23. The van der Waals surface area contributed by atoms with Crippen molar-refractivity contribution in [3.8, 4) is 5.88 Å². The molecule has 0 aliphatic heterocycles. The summed E-state index contributed by atoms with van der Waals surface area (Å²) in [6.45, 7) is 0.584. The van der Waals surface area contributed by atoms with E-state index in [0.29, 0.717) is 18.1 Å². The molecule has 0 aliphatic rings. The van der Waals surface area contributed by atoms with Crippen LogP contribution in [0.1, 0.15) is 5.82 Å². The lowest BCUT2D eigenvalue weighted by molar-refractivity contribution is 0.399. The average molecular weight is 289 g/mol. The third-order valence-corrected chi connectivity index (χ3v) is 3.13. The van der Waals surface area contributed by atoms with Gasteiger partial charge in [0, 0.05) is 16.8 Å². The molecule has 1 aromatic carbocycles. The van der Waals surface area contributed by atoms with Crippen molar-refractivity contribution in [1.82, 2.24) is 15.0 Å². The van der Waals surface area contributed by atoms with Crippen LogP contribution >= 0.6 is 11.6 Å². The Morgan fingerprint density at radius 2 is 1.95 bits per heavy atom. The lowest BCUT2D eigenvalue weighted by Crippen LogP contribution is -2.00. The zero-order chi connectivity index (χ0) is 13.9. The number of imidazole rings is 1. The Kier molecular flexibility index (Phi) is 3.43. The molecule has 5 nitrogen and oxygen atoms in total. The van der Waals surface area contributed by atoms with Crippen molar-refractivity contribution in [3.63, 3.8) is 0 Å². The first-order valence-electron chi connectivity index (χ1n) is 6.13. The highest BCUT2D eigenvalue weighted by Gasteiger charge is 2.05. The van der Waals surface area contributed by atoms with Crippen LogP contribution in [-0.4, -0.2) is 22.1 Å². The molecule has 0 bridgehead atoms. The van der Waals surface area contributed by atoms with Gasteiger partial charge in [0.2, 0.25) is 5.88 Å². The van der Waals surface area contributed by atoms with Gasteiger partial charge in [-0.05, 0) is 30.3 Å². The van der Waals surface area contributed by atoms with Gasteiger partial charge in [-0.2, -0.15) is 4.98 Å². The summed E-state index contributed by atoms with van der Waals surface area (Å²) in [6, 6.07) is 11.2. The number of fused-ring (bicyclic) bond motifs is 1. The zero-order valence-corrected chi connectivity index (χ0v) is 11.6. The monoisotopic (exact) mass is 288 g/mol. The molecule has 20 heavy (non-hydrogen) atoms. The minimum atomic E-state index is 0.557. The van der Waals surface area contributed by atoms with Crippen molar-refractivity contribution in [1.29, 1.82) is 0 Å². The number of nitrogens with zero attached hydrogens (tertiary/aromatic N) is 2. The highest BCUT2D eigenvalue weighted by molar-refractivity contribution is 6.30. The van der Waals surface area contributed by atoms with Gasteiger partial charge in [-0.15, -0.1) is 0 Å². The quantitative estimate of drug-likeness (QED) is 0.774. The largest absolute Gasteiger partial charge is 0.481 e. The van der Waals surface area contributed by atoms with E-state index in [9.17, 15) is 0 Å². The maximum absolute atomic E-state index is 5.84. The van der Waals surface area contributed by atoms with E-state index in [1.807, 2.05) is 30.3 Å². The van der Waals surface area contributed by atoms with Gasteiger partial charge < -0.3 is 15.0 Å². The van der Waals surface area contributed by atoms with Gasteiger partial charge in [0.25, 0.3) is 0 Å². The molecule has 0 fully saturated rings. The molecule has 2 N–H and O–H groups in total. The fourth-order valence-electron chi connectivity index (χ4n) is 1.88. The number of hydrogen-bond acceptors (Lipinski definition) is 4. The van der Waals surface area contributed by atoms with Crippen LogP contribution in [0.2, 0.25) is 5.02 Å². The number of methoxy groups -OCH3 is 1. The maximum atomic E-state index is 5.84. The van der Waals surface area contributed by atoms with Gasteiger partial charge in [-0.25, -0.2) is 4.98 Å². The van der Waals surface area contributed by atoms with Crippen molar-refractivity contribution in [2.24, 2.45) is 0 Å². The molecule has 0 atom stereocenters. The van der Waals surface area contributed by atoms with E-state index in [1.54, 1.807) is 13.2 Å². The molecule has 0 unspecified atom stereocenters. The van der Waals surface area contributed by atoms with Gasteiger partial charge in [0.15, 0.2) is 5.65 Å². The first-order valence-corrected chi connectivity index (χ1v) is 6.51. The van der Waals surface area contributed by atoms with Crippen molar-refractivity contribution in [2.75, 3.05) is 12.4 Å². The average Bonchev–Trinajstić information content (AvgIpc) is 2.88. The summed E-state index contributed by atoms with van der Waals surface area (Å²) in [5.74, 6) is 1.37. The van der Waals surface area contributed by atoms with E-state index < -0.39 is 0 Å². The smallest absolute Gasteiger partial charge is 0.215 e. The van der Waals surface area contributed by atoms with Crippen LogP contribution in [0.25, 0.3) is 11.2 Å². The number of anilines is 1. The van der Waals surface area contributed by atoms with Gasteiger partial charge in [0.05, 0.1) is 19.2 Å². The van der Waals surface area contributed by atoms with Crippen molar-refractivity contribution < 1.29 is 4.74 Å². The Hall–Kier alpha value is -2.27. The van der Waals surface area contributed by atoms with E-state index in [4.69, 9.17) is 16.3 Å². The van der Waals surface area contributed by atoms with Crippen molar-refractivity contribution in [3.05, 3.63) is 47.2 Å². The topological polar surface area (TPSA) is 62.8 Å². The van der Waals surface area contributed by atoms with Crippen LogP contribution in [0.5, 0.6) is 5.88 Å². The van der Waals surface area contributed by atoms with E-state index in [-0.39, 0.29) is 0 Å². The van der Waals surface area contributed by atoms with Crippen LogP contribution in [0, 0.1) is 0 Å². The van der Waals surface area contributed by atoms with Gasteiger partial charge in [-0.1, -0.05) is 11.6 Å². The van der Waals surface area contributed by atoms with Gasteiger partial charge in [-0.3, -0.25) is 0 Å². The predicted molar refractivity (Wildman–Crippen MR) is 79.2 cm³/mol. The fourth-order valence-corrected chi connectivity index (χ4v) is 2.00. The SMILES string of the molecule is COc1ccc2[nH]c(CNc3ccc(Cl)cc3)nc2n1. The number of aromatic amines is 1. The molecule has 102 valence electrons. The molecule has 6 heteroatoms. The molecular weight excluding hydrogens is 276 g/mol. The van der Waals surface area contributed by atoms with E-state index >= 15 is 0 Å². The number of ether oxygens (including phenoxy) is 1. The molecule has 2 heterocycles. The minimum absolute atomic E-state index is 0.557. The van der Waals surface area contributed by atoms with Crippen molar-refractivity contribution >= 4 is 28.5 Å². The second kappa shape index (κ2) is 5.38. The molecule has 3 rings (SSSR count). The molecule has 0 amide bonds. The molecule has 0 radical (unpaired) electrons. The molecule has 0 saturated carbocycles. The molecule has 2 aromatic heterocycles. The highest BCUT2D eigenvalue weighted by Crippen LogP contribution is 2.16. The first kappa shape index (κ1) is 12.7. The summed E-state index contributed by atoms with van der Waals surface area (Å²) in [4.78, 5) is 11.9. The number of aromatic nitrogens is 3. The lowest BCUT2D eigenvalue weighted by Gasteiger charge is -2.03.